The molecule has 0 radical (unpaired) electrons. The van der Waals surface area contributed by atoms with Crippen LogP contribution in [0.4, 0.5) is 0 Å². The molecule has 1 atom stereocenters. The van der Waals surface area contributed by atoms with Crippen molar-refractivity contribution in [2.75, 3.05) is 39.3 Å². The average molecular weight is 490 g/mol. The van der Waals surface area contributed by atoms with Crippen molar-refractivity contribution in [3.8, 4) is 0 Å². The molecule has 0 aromatic carbocycles. The first-order chi connectivity index (χ1) is 12.2. The van der Waals surface area contributed by atoms with Gasteiger partial charge in [-0.3, -0.25) is 9.89 Å². The Kier molecular flexibility index (Phi) is 9.70. The first-order valence-electron chi connectivity index (χ1n) is 10.0. The van der Waals surface area contributed by atoms with Crippen LogP contribution in [-0.2, 0) is 6.54 Å². The lowest BCUT2D eigenvalue weighted by Gasteiger charge is -2.34. The van der Waals surface area contributed by atoms with Gasteiger partial charge in [-0.1, -0.05) is 13.0 Å². The van der Waals surface area contributed by atoms with Gasteiger partial charge in [0.2, 0.25) is 0 Å². The van der Waals surface area contributed by atoms with E-state index in [1.54, 1.807) is 0 Å². The third-order valence-electron chi connectivity index (χ3n) is 5.46. The molecule has 2 aliphatic rings. The lowest BCUT2D eigenvalue weighted by atomic mass is 9.97. The molecular weight excluding hydrogens is 455 g/mol. The smallest absolute Gasteiger partial charge is 0.193 e. The van der Waals surface area contributed by atoms with Crippen molar-refractivity contribution in [2.45, 2.75) is 46.1 Å². The van der Waals surface area contributed by atoms with Gasteiger partial charge < -0.3 is 10.2 Å². The molecule has 2 aliphatic heterocycles. The van der Waals surface area contributed by atoms with Gasteiger partial charge in [0.25, 0.3) is 0 Å². The van der Waals surface area contributed by atoms with Crippen molar-refractivity contribution >= 4 is 41.3 Å². The van der Waals surface area contributed by atoms with Crippen molar-refractivity contribution in [1.82, 2.24) is 15.1 Å². The Morgan fingerprint density at radius 2 is 2.08 bits per heavy atom. The molecule has 2 saturated heterocycles. The molecule has 0 saturated carbocycles. The normalized spacial score (nSPS) is 22.9. The van der Waals surface area contributed by atoms with E-state index in [1.165, 1.54) is 43.6 Å². The third-order valence-corrected chi connectivity index (χ3v) is 6.32. The van der Waals surface area contributed by atoms with Crippen molar-refractivity contribution in [1.29, 1.82) is 0 Å². The Morgan fingerprint density at radius 1 is 1.27 bits per heavy atom. The highest BCUT2D eigenvalue weighted by atomic mass is 127. The average Bonchev–Trinajstić information content (AvgIpc) is 3.13. The van der Waals surface area contributed by atoms with E-state index in [0.717, 1.165) is 50.5 Å². The molecular formula is C20H35IN4S. The van der Waals surface area contributed by atoms with Crippen LogP contribution in [0, 0.1) is 11.8 Å². The first-order valence-corrected chi connectivity index (χ1v) is 10.9. The van der Waals surface area contributed by atoms with Crippen LogP contribution >= 0.6 is 35.3 Å². The van der Waals surface area contributed by atoms with Crippen molar-refractivity contribution < 1.29 is 0 Å². The molecule has 1 N–H and O–H groups in total. The zero-order valence-corrected chi connectivity index (χ0v) is 19.5. The highest BCUT2D eigenvalue weighted by Crippen LogP contribution is 2.21. The highest BCUT2D eigenvalue weighted by Gasteiger charge is 2.22. The van der Waals surface area contributed by atoms with Gasteiger partial charge in [0.15, 0.2) is 5.96 Å². The van der Waals surface area contributed by atoms with Gasteiger partial charge in [-0.15, -0.1) is 35.3 Å². The summed E-state index contributed by atoms with van der Waals surface area (Å²) in [5.74, 6) is 2.68. The highest BCUT2D eigenvalue weighted by molar-refractivity contribution is 14.0. The fourth-order valence-electron chi connectivity index (χ4n) is 3.97. The van der Waals surface area contributed by atoms with E-state index in [1.807, 2.05) is 11.3 Å². The van der Waals surface area contributed by atoms with E-state index in [4.69, 9.17) is 4.99 Å². The zero-order valence-electron chi connectivity index (χ0n) is 16.3. The largest absolute Gasteiger partial charge is 0.357 e. The molecule has 3 rings (SSSR count). The minimum atomic E-state index is 0. The molecule has 0 bridgehead atoms. The van der Waals surface area contributed by atoms with E-state index < -0.39 is 0 Å². The van der Waals surface area contributed by atoms with E-state index in [2.05, 4.69) is 46.5 Å². The Balaban J connectivity index is 0.00000243. The summed E-state index contributed by atoms with van der Waals surface area (Å²) in [6.45, 7) is 12.4. The van der Waals surface area contributed by atoms with Crippen molar-refractivity contribution in [3.63, 3.8) is 0 Å². The molecule has 26 heavy (non-hydrogen) atoms. The molecule has 2 fully saturated rings. The lowest BCUT2D eigenvalue weighted by Crippen LogP contribution is -2.46. The maximum Gasteiger partial charge on any atom is 0.193 e. The quantitative estimate of drug-likeness (QED) is 0.380. The Labute approximate surface area is 180 Å². The summed E-state index contributed by atoms with van der Waals surface area (Å²) in [6.07, 6.45) is 5.22. The van der Waals surface area contributed by atoms with Gasteiger partial charge in [0, 0.05) is 37.6 Å². The number of likely N-dealkylation sites (tertiary alicyclic amines) is 2. The number of guanidine groups is 1. The number of piperidine rings is 2. The number of rotatable bonds is 5. The second-order valence-electron chi connectivity index (χ2n) is 7.69. The molecule has 1 aromatic rings. The molecule has 0 amide bonds. The molecule has 3 heterocycles. The third kappa shape index (κ3) is 6.68. The fourth-order valence-corrected chi connectivity index (χ4v) is 4.72. The lowest BCUT2D eigenvalue weighted by molar-refractivity contribution is 0.181. The van der Waals surface area contributed by atoms with Crippen molar-refractivity contribution in [3.05, 3.63) is 22.4 Å². The van der Waals surface area contributed by atoms with Gasteiger partial charge in [-0.2, -0.15) is 0 Å². The topological polar surface area (TPSA) is 30.9 Å². The predicted octanol–water partition coefficient (Wildman–Crippen LogP) is 4.28. The van der Waals surface area contributed by atoms with Crippen LogP contribution in [0.1, 0.15) is 44.4 Å². The number of nitrogens with zero attached hydrogens (tertiary/aromatic N) is 3. The molecule has 148 valence electrons. The summed E-state index contributed by atoms with van der Waals surface area (Å²) in [6, 6.07) is 4.41. The van der Waals surface area contributed by atoms with E-state index >= 15 is 0 Å². The number of aliphatic imine (C=N–C) groups is 1. The van der Waals surface area contributed by atoms with E-state index in [9.17, 15) is 0 Å². The molecule has 1 unspecified atom stereocenters. The second-order valence-corrected chi connectivity index (χ2v) is 8.72. The standard InChI is InChI=1S/C20H34N4S.HI/c1-3-21-20(24-10-4-6-17(2)15-24)22-14-18-8-11-23(12-9-18)16-19-7-5-13-25-19;/h5,7,13,17-18H,3-4,6,8-12,14-16H2,1-2H3,(H,21,22);1H. The minimum absolute atomic E-state index is 0. The molecule has 0 spiro atoms. The first kappa shape index (κ1) is 22.0. The monoisotopic (exact) mass is 490 g/mol. The van der Waals surface area contributed by atoms with Crippen LogP contribution < -0.4 is 5.32 Å². The minimum Gasteiger partial charge on any atom is -0.357 e. The number of hydrogen-bond acceptors (Lipinski definition) is 3. The molecule has 6 heteroatoms. The Hall–Kier alpha value is -0.340. The number of nitrogens with one attached hydrogen (secondary N) is 1. The van der Waals surface area contributed by atoms with Crippen LogP contribution in [0.5, 0.6) is 0 Å². The number of thiophene rings is 1. The summed E-state index contributed by atoms with van der Waals surface area (Å²) in [7, 11) is 0. The maximum absolute atomic E-state index is 5.01. The van der Waals surface area contributed by atoms with E-state index in [0.29, 0.717) is 0 Å². The molecule has 1 aromatic heterocycles. The van der Waals surface area contributed by atoms with Crippen LogP contribution in [-0.4, -0.2) is 55.0 Å². The van der Waals surface area contributed by atoms with Gasteiger partial charge >= 0.3 is 0 Å². The number of hydrogen-bond donors (Lipinski definition) is 1. The van der Waals surface area contributed by atoms with Gasteiger partial charge in [0.05, 0.1) is 0 Å². The van der Waals surface area contributed by atoms with Gasteiger partial charge in [-0.25, -0.2) is 0 Å². The predicted molar refractivity (Wildman–Crippen MR) is 124 cm³/mol. The van der Waals surface area contributed by atoms with Gasteiger partial charge in [-0.05, 0) is 69.0 Å². The SMILES string of the molecule is CCNC(=NCC1CCN(Cc2cccs2)CC1)N1CCCC(C)C1.I. The maximum atomic E-state index is 5.01. The summed E-state index contributed by atoms with van der Waals surface area (Å²) in [5.41, 5.74) is 0. The number of halogens is 1. The van der Waals surface area contributed by atoms with Crippen molar-refractivity contribution in [2.24, 2.45) is 16.8 Å². The fraction of sp³-hybridized carbons (Fsp3) is 0.750. The van der Waals surface area contributed by atoms with Gasteiger partial charge in [0.1, 0.15) is 0 Å². The molecule has 4 nitrogen and oxygen atoms in total. The van der Waals surface area contributed by atoms with Crippen LogP contribution in [0.15, 0.2) is 22.5 Å². The summed E-state index contributed by atoms with van der Waals surface area (Å²) in [4.78, 5) is 11.6. The Bertz CT molecular complexity index is 526. The van der Waals surface area contributed by atoms with Crippen LogP contribution in [0.25, 0.3) is 0 Å². The van der Waals surface area contributed by atoms with Crippen LogP contribution in [0.2, 0.25) is 0 Å². The molecule has 0 aliphatic carbocycles. The van der Waals surface area contributed by atoms with E-state index in [-0.39, 0.29) is 24.0 Å². The summed E-state index contributed by atoms with van der Waals surface area (Å²) >= 11 is 1.88. The Morgan fingerprint density at radius 3 is 2.73 bits per heavy atom. The second kappa shape index (κ2) is 11.5. The van der Waals surface area contributed by atoms with Crippen LogP contribution in [0.3, 0.4) is 0 Å². The summed E-state index contributed by atoms with van der Waals surface area (Å²) < 4.78 is 0. The summed E-state index contributed by atoms with van der Waals surface area (Å²) in [5, 5.41) is 5.70. The zero-order chi connectivity index (χ0) is 17.5.